The number of piperidine rings is 1. The molecular formula is C15H23N5O. The average molecular weight is 289 g/mol. The number of ether oxygens (including phenoxy) is 1. The summed E-state index contributed by atoms with van der Waals surface area (Å²) in [5.41, 5.74) is 3.54. The van der Waals surface area contributed by atoms with Crippen LogP contribution in [0, 0.1) is 6.92 Å². The van der Waals surface area contributed by atoms with E-state index < -0.39 is 0 Å². The number of H-pyrrole nitrogens is 1. The van der Waals surface area contributed by atoms with Gasteiger partial charge in [0, 0.05) is 31.4 Å². The van der Waals surface area contributed by atoms with Gasteiger partial charge in [-0.3, -0.25) is 10.00 Å². The lowest BCUT2D eigenvalue weighted by molar-refractivity contribution is 0.200. The van der Waals surface area contributed by atoms with E-state index in [1.54, 1.807) is 7.11 Å². The first kappa shape index (κ1) is 14.1. The van der Waals surface area contributed by atoms with Gasteiger partial charge in [0.1, 0.15) is 0 Å². The van der Waals surface area contributed by atoms with Crippen LogP contribution in [0.4, 0.5) is 0 Å². The van der Waals surface area contributed by atoms with E-state index >= 15 is 0 Å². The van der Waals surface area contributed by atoms with Crippen molar-refractivity contribution in [3.63, 3.8) is 0 Å². The van der Waals surface area contributed by atoms with Gasteiger partial charge in [-0.25, -0.2) is 4.68 Å². The number of nitrogens with one attached hydrogen (secondary N) is 1. The molecule has 3 rings (SSSR count). The zero-order valence-corrected chi connectivity index (χ0v) is 13.0. The van der Waals surface area contributed by atoms with E-state index in [0.717, 1.165) is 31.2 Å². The molecule has 0 aliphatic carbocycles. The highest BCUT2D eigenvalue weighted by Gasteiger charge is 2.24. The fourth-order valence-electron chi connectivity index (χ4n) is 3.24. The molecule has 0 amide bonds. The summed E-state index contributed by atoms with van der Waals surface area (Å²) in [6.45, 7) is 5.16. The minimum Gasteiger partial charge on any atom is -0.481 e. The first-order chi connectivity index (χ1) is 10.2. The van der Waals surface area contributed by atoms with E-state index in [1.165, 1.54) is 24.1 Å². The van der Waals surface area contributed by atoms with Crippen molar-refractivity contribution in [1.29, 1.82) is 0 Å². The molecule has 1 N–H and O–H groups in total. The van der Waals surface area contributed by atoms with E-state index in [4.69, 9.17) is 4.74 Å². The summed E-state index contributed by atoms with van der Waals surface area (Å²) in [7, 11) is 3.64. The molecule has 6 heteroatoms. The number of likely N-dealkylation sites (tertiary alicyclic amines) is 1. The van der Waals surface area contributed by atoms with Crippen LogP contribution >= 0.6 is 0 Å². The van der Waals surface area contributed by atoms with Gasteiger partial charge in [-0.15, -0.1) is 0 Å². The van der Waals surface area contributed by atoms with Crippen LogP contribution in [0.3, 0.4) is 0 Å². The van der Waals surface area contributed by atoms with Crippen molar-refractivity contribution in [1.82, 2.24) is 24.9 Å². The minimum atomic E-state index is 0.612. The third-order valence-electron chi connectivity index (χ3n) is 4.41. The second kappa shape index (κ2) is 5.89. The zero-order chi connectivity index (χ0) is 14.8. The first-order valence-electron chi connectivity index (χ1n) is 7.47. The maximum atomic E-state index is 5.48. The largest absolute Gasteiger partial charge is 0.481 e. The van der Waals surface area contributed by atoms with Crippen molar-refractivity contribution in [2.24, 2.45) is 7.05 Å². The van der Waals surface area contributed by atoms with Crippen LogP contribution in [0.5, 0.6) is 5.88 Å². The topological polar surface area (TPSA) is 59.0 Å². The van der Waals surface area contributed by atoms with Crippen LogP contribution in [0.1, 0.15) is 35.7 Å². The van der Waals surface area contributed by atoms with Crippen molar-refractivity contribution in [3.8, 4) is 5.88 Å². The molecule has 0 aromatic carbocycles. The lowest BCUT2D eigenvalue weighted by Crippen LogP contribution is -2.32. The summed E-state index contributed by atoms with van der Waals surface area (Å²) in [5, 5.41) is 11.6. The molecule has 1 aliphatic rings. The van der Waals surface area contributed by atoms with Crippen LogP contribution in [-0.4, -0.2) is 45.1 Å². The molecule has 0 spiro atoms. The maximum Gasteiger partial charge on any atom is 0.216 e. The Hall–Kier alpha value is -1.82. The molecule has 6 nitrogen and oxygen atoms in total. The molecular weight excluding hydrogens is 266 g/mol. The van der Waals surface area contributed by atoms with Crippen LogP contribution in [-0.2, 0) is 13.6 Å². The van der Waals surface area contributed by atoms with Crippen molar-refractivity contribution in [3.05, 3.63) is 29.2 Å². The molecule has 2 aromatic rings. The predicted octanol–water partition coefficient (Wildman–Crippen LogP) is 1.84. The van der Waals surface area contributed by atoms with Gasteiger partial charge in [0.15, 0.2) is 0 Å². The molecule has 21 heavy (non-hydrogen) atoms. The summed E-state index contributed by atoms with van der Waals surface area (Å²) in [6, 6.07) is 2.09. The van der Waals surface area contributed by atoms with Gasteiger partial charge in [0.25, 0.3) is 0 Å². The summed E-state index contributed by atoms with van der Waals surface area (Å²) in [6.07, 6.45) is 4.18. The molecule has 0 unspecified atom stereocenters. The van der Waals surface area contributed by atoms with Gasteiger partial charge in [-0.2, -0.15) is 10.2 Å². The standard InChI is InChI=1S/C15H23N5O/c1-11-13(15(21-3)19(2)18-11)10-20-8-5-12(6-9-20)14-4-7-16-17-14/h4,7,12H,5-6,8-10H2,1-3H3,(H,16,17). The number of rotatable bonds is 4. The van der Waals surface area contributed by atoms with Crippen molar-refractivity contribution < 1.29 is 4.74 Å². The minimum absolute atomic E-state index is 0.612. The molecule has 0 bridgehead atoms. The number of nitrogens with zero attached hydrogens (tertiary/aromatic N) is 4. The SMILES string of the molecule is COc1c(CN2CCC(c3ccn[nH]3)CC2)c(C)nn1C. The second-order valence-corrected chi connectivity index (χ2v) is 5.76. The third kappa shape index (κ3) is 2.81. The monoisotopic (exact) mass is 289 g/mol. The Bertz CT molecular complexity index is 581. The highest BCUT2D eigenvalue weighted by atomic mass is 16.5. The van der Waals surface area contributed by atoms with E-state index in [0.29, 0.717) is 5.92 Å². The van der Waals surface area contributed by atoms with Gasteiger partial charge in [0.2, 0.25) is 5.88 Å². The highest BCUT2D eigenvalue weighted by Crippen LogP contribution is 2.29. The molecule has 2 aromatic heterocycles. The Morgan fingerprint density at radius 2 is 2.14 bits per heavy atom. The van der Waals surface area contributed by atoms with E-state index in [9.17, 15) is 0 Å². The molecule has 1 aliphatic heterocycles. The number of aromatic amines is 1. The lowest BCUT2D eigenvalue weighted by atomic mass is 9.93. The fourth-order valence-corrected chi connectivity index (χ4v) is 3.24. The van der Waals surface area contributed by atoms with Gasteiger partial charge in [-0.1, -0.05) is 0 Å². The normalized spacial score (nSPS) is 17.3. The van der Waals surface area contributed by atoms with Crippen LogP contribution in [0.2, 0.25) is 0 Å². The maximum absolute atomic E-state index is 5.48. The average Bonchev–Trinajstić information content (AvgIpc) is 3.09. The van der Waals surface area contributed by atoms with Gasteiger partial charge in [0.05, 0.1) is 18.4 Å². The van der Waals surface area contributed by atoms with Crippen molar-refractivity contribution in [2.45, 2.75) is 32.2 Å². The Labute approximate surface area is 125 Å². The number of hydrogen-bond acceptors (Lipinski definition) is 4. The fraction of sp³-hybridized carbons (Fsp3) is 0.600. The Morgan fingerprint density at radius 1 is 1.38 bits per heavy atom. The molecule has 0 radical (unpaired) electrons. The van der Waals surface area contributed by atoms with Crippen LogP contribution in [0.25, 0.3) is 0 Å². The molecule has 0 saturated carbocycles. The summed E-state index contributed by atoms with van der Waals surface area (Å²) >= 11 is 0. The van der Waals surface area contributed by atoms with Gasteiger partial charge in [-0.05, 0) is 38.9 Å². The van der Waals surface area contributed by atoms with Gasteiger partial charge >= 0.3 is 0 Å². The van der Waals surface area contributed by atoms with Crippen LogP contribution < -0.4 is 4.74 Å². The molecule has 1 saturated heterocycles. The summed E-state index contributed by atoms with van der Waals surface area (Å²) < 4.78 is 7.30. The number of methoxy groups -OCH3 is 1. The summed E-state index contributed by atoms with van der Waals surface area (Å²) in [4.78, 5) is 2.49. The first-order valence-corrected chi connectivity index (χ1v) is 7.47. The number of aryl methyl sites for hydroxylation is 2. The van der Waals surface area contributed by atoms with Crippen LogP contribution in [0.15, 0.2) is 12.3 Å². The second-order valence-electron chi connectivity index (χ2n) is 5.76. The van der Waals surface area contributed by atoms with E-state index in [1.807, 2.05) is 17.9 Å². The molecule has 0 atom stereocenters. The third-order valence-corrected chi connectivity index (χ3v) is 4.41. The summed E-state index contributed by atoms with van der Waals surface area (Å²) in [5.74, 6) is 1.49. The zero-order valence-electron chi connectivity index (χ0n) is 13.0. The lowest BCUT2D eigenvalue weighted by Gasteiger charge is -2.31. The van der Waals surface area contributed by atoms with Crippen molar-refractivity contribution in [2.75, 3.05) is 20.2 Å². The Kier molecular flexibility index (Phi) is 3.96. The quantitative estimate of drug-likeness (QED) is 0.933. The van der Waals surface area contributed by atoms with Crippen molar-refractivity contribution >= 4 is 0 Å². The predicted molar refractivity (Wildman–Crippen MR) is 80.3 cm³/mol. The smallest absolute Gasteiger partial charge is 0.216 e. The van der Waals surface area contributed by atoms with E-state index in [-0.39, 0.29) is 0 Å². The highest BCUT2D eigenvalue weighted by molar-refractivity contribution is 5.30. The number of aromatic nitrogens is 4. The number of hydrogen-bond donors (Lipinski definition) is 1. The molecule has 1 fully saturated rings. The van der Waals surface area contributed by atoms with E-state index in [2.05, 4.69) is 33.2 Å². The Balaban J connectivity index is 1.63. The van der Waals surface area contributed by atoms with Gasteiger partial charge < -0.3 is 4.74 Å². The molecule has 3 heterocycles. The Morgan fingerprint density at radius 3 is 2.76 bits per heavy atom. The molecule has 114 valence electrons.